The molecule has 1 aliphatic carbocycles. The lowest BCUT2D eigenvalue weighted by Gasteiger charge is -2.09. The molecule has 2 aromatic carbocycles. The highest BCUT2D eigenvalue weighted by atomic mass is 19.1. The molecule has 0 N–H and O–H groups in total. The van der Waals surface area contributed by atoms with Gasteiger partial charge in [-0.3, -0.25) is 4.79 Å². The Labute approximate surface area is 164 Å². The molecule has 0 amide bonds. The highest BCUT2D eigenvalue weighted by molar-refractivity contribution is 5.97. The largest absolute Gasteiger partial charge is 0.482 e. The molecule has 0 atom stereocenters. The van der Waals surface area contributed by atoms with Gasteiger partial charge in [0.15, 0.2) is 19.0 Å². The molecule has 3 aromatic rings. The monoisotopic (exact) mass is 396 g/mol. The van der Waals surface area contributed by atoms with Gasteiger partial charge in [-0.1, -0.05) is 0 Å². The number of esters is 1. The van der Waals surface area contributed by atoms with Crippen LogP contribution in [0.2, 0.25) is 0 Å². The predicted molar refractivity (Wildman–Crippen MR) is 102 cm³/mol. The van der Waals surface area contributed by atoms with Gasteiger partial charge in [-0.2, -0.15) is 0 Å². The summed E-state index contributed by atoms with van der Waals surface area (Å²) in [6.45, 7) is -0.871. The molecule has 0 bridgehead atoms. The van der Waals surface area contributed by atoms with E-state index in [1.807, 2.05) is 0 Å². The minimum atomic E-state index is -0.726. The van der Waals surface area contributed by atoms with E-state index in [2.05, 4.69) is 0 Å². The predicted octanol–water partition coefficient (Wildman–Crippen LogP) is 3.23. The lowest BCUT2D eigenvalue weighted by molar-refractivity contribution is -0.144. The van der Waals surface area contributed by atoms with Gasteiger partial charge >= 0.3 is 11.6 Å². The van der Waals surface area contributed by atoms with E-state index in [1.165, 1.54) is 12.1 Å². The van der Waals surface area contributed by atoms with Gasteiger partial charge in [-0.25, -0.2) is 14.0 Å². The number of rotatable bonds is 6. The zero-order chi connectivity index (χ0) is 20.4. The minimum absolute atomic E-state index is 0.247. The highest BCUT2D eigenvalue weighted by Crippen LogP contribution is 2.29. The molecule has 7 heteroatoms. The molecule has 0 radical (unpaired) electrons. The van der Waals surface area contributed by atoms with Crippen LogP contribution < -0.4 is 10.4 Å². The van der Waals surface area contributed by atoms with Crippen molar-refractivity contribution in [1.82, 2.24) is 0 Å². The number of benzene rings is 2. The highest BCUT2D eigenvalue weighted by Gasteiger charge is 2.20. The van der Waals surface area contributed by atoms with Crippen LogP contribution in [0, 0.1) is 5.82 Å². The summed E-state index contributed by atoms with van der Waals surface area (Å²) in [5, 5.41) is 0.872. The summed E-state index contributed by atoms with van der Waals surface area (Å²) in [5.41, 5.74) is 2.08. The quantitative estimate of drug-likeness (QED) is 0.361. The number of hydrogen-bond acceptors (Lipinski definition) is 6. The smallest absolute Gasteiger partial charge is 0.344 e. The van der Waals surface area contributed by atoms with Crippen LogP contribution in [0.1, 0.15) is 27.9 Å². The van der Waals surface area contributed by atoms with E-state index in [-0.39, 0.29) is 11.2 Å². The SMILES string of the molecule is O=C(COc1ccc2c3c(c(=O)oc2c1)CCC3)OCC(=O)c1ccc(F)cc1. The molecule has 6 nitrogen and oxygen atoms in total. The third kappa shape index (κ3) is 4.03. The van der Waals surface area contributed by atoms with Crippen LogP contribution >= 0.6 is 0 Å². The Hall–Kier alpha value is -3.48. The Morgan fingerprint density at radius 2 is 1.76 bits per heavy atom. The Morgan fingerprint density at radius 1 is 1.00 bits per heavy atom. The first kappa shape index (κ1) is 18.9. The summed E-state index contributed by atoms with van der Waals surface area (Å²) < 4.78 is 28.5. The molecule has 1 heterocycles. The average Bonchev–Trinajstić information content (AvgIpc) is 3.21. The zero-order valence-corrected chi connectivity index (χ0v) is 15.4. The van der Waals surface area contributed by atoms with Crippen LogP contribution in [-0.4, -0.2) is 25.0 Å². The van der Waals surface area contributed by atoms with E-state index in [4.69, 9.17) is 13.9 Å². The molecule has 4 rings (SSSR count). The van der Waals surface area contributed by atoms with Gasteiger partial charge in [0, 0.05) is 22.6 Å². The Kier molecular flexibility index (Phi) is 5.12. The van der Waals surface area contributed by atoms with Crippen molar-refractivity contribution in [3.8, 4) is 5.75 Å². The zero-order valence-electron chi connectivity index (χ0n) is 15.4. The molecule has 0 fully saturated rings. The van der Waals surface area contributed by atoms with Gasteiger partial charge in [0.05, 0.1) is 0 Å². The van der Waals surface area contributed by atoms with Crippen molar-refractivity contribution in [2.75, 3.05) is 13.2 Å². The summed E-state index contributed by atoms with van der Waals surface area (Å²) in [6, 6.07) is 10.0. The first-order valence-electron chi connectivity index (χ1n) is 9.17. The third-order valence-corrected chi connectivity index (χ3v) is 4.83. The number of fused-ring (bicyclic) bond motifs is 3. The second-order valence-corrected chi connectivity index (χ2v) is 6.74. The van der Waals surface area contributed by atoms with E-state index in [0.29, 0.717) is 11.3 Å². The molecule has 29 heavy (non-hydrogen) atoms. The standard InChI is InChI=1S/C22H17FO6/c23-14-6-4-13(5-7-14)19(24)11-28-21(25)12-27-15-8-9-17-16-2-1-3-18(16)22(26)29-20(17)10-15/h4-10H,1-3,11-12H2. The summed E-state index contributed by atoms with van der Waals surface area (Å²) in [6.07, 6.45) is 2.50. The van der Waals surface area contributed by atoms with Crippen LogP contribution in [0.5, 0.6) is 5.75 Å². The second-order valence-electron chi connectivity index (χ2n) is 6.74. The fourth-order valence-electron chi connectivity index (χ4n) is 3.40. The molecule has 148 valence electrons. The van der Waals surface area contributed by atoms with Gasteiger partial charge < -0.3 is 13.9 Å². The molecular weight excluding hydrogens is 379 g/mol. The summed E-state index contributed by atoms with van der Waals surface area (Å²) >= 11 is 0. The van der Waals surface area contributed by atoms with Gasteiger partial charge in [0.25, 0.3) is 0 Å². The van der Waals surface area contributed by atoms with Crippen molar-refractivity contribution >= 4 is 22.7 Å². The number of ether oxygens (including phenoxy) is 2. The number of ketones is 1. The van der Waals surface area contributed by atoms with Crippen molar-refractivity contribution in [3.05, 3.63) is 75.4 Å². The van der Waals surface area contributed by atoms with E-state index >= 15 is 0 Å². The fraction of sp³-hybridized carbons (Fsp3) is 0.227. The van der Waals surface area contributed by atoms with Gasteiger partial charge in [-0.05, 0) is 61.2 Å². The molecule has 0 spiro atoms. The average molecular weight is 396 g/mol. The second kappa shape index (κ2) is 7.87. The van der Waals surface area contributed by atoms with Gasteiger partial charge in [0.2, 0.25) is 0 Å². The molecule has 1 aromatic heterocycles. The first-order chi connectivity index (χ1) is 14.0. The van der Waals surface area contributed by atoms with Gasteiger partial charge in [-0.15, -0.1) is 0 Å². The third-order valence-electron chi connectivity index (χ3n) is 4.83. The number of carbonyl (C=O) groups excluding carboxylic acids is 2. The Morgan fingerprint density at radius 3 is 2.55 bits per heavy atom. The first-order valence-corrected chi connectivity index (χ1v) is 9.17. The number of Topliss-reactive ketones (excluding diaryl/α,β-unsaturated/α-hetero) is 1. The van der Waals surface area contributed by atoms with Crippen LogP contribution in [0.15, 0.2) is 51.7 Å². The van der Waals surface area contributed by atoms with Crippen LogP contribution in [0.25, 0.3) is 11.0 Å². The Balaban J connectivity index is 1.36. The van der Waals surface area contributed by atoms with Crippen molar-refractivity contribution in [1.29, 1.82) is 0 Å². The lowest BCUT2D eigenvalue weighted by Crippen LogP contribution is -2.19. The fourth-order valence-corrected chi connectivity index (χ4v) is 3.40. The Bertz CT molecular complexity index is 1150. The number of halogens is 1. The van der Waals surface area contributed by atoms with Crippen molar-refractivity contribution in [2.24, 2.45) is 0 Å². The van der Waals surface area contributed by atoms with Crippen molar-refractivity contribution in [2.45, 2.75) is 19.3 Å². The molecule has 0 saturated carbocycles. The van der Waals surface area contributed by atoms with E-state index < -0.39 is 30.8 Å². The lowest BCUT2D eigenvalue weighted by atomic mass is 10.1. The maximum absolute atomic E-state index is 12.9. The van der Waals surface area contributed by atoms with Crippen LogP contribution in [-0.2, 0) is 22.4 Å². The molecule has 0 aliphatic heterocycles. The number of carbonyl (C=O) groups is 2. The van der Waals surface area contributed by atoms with Crippen molar-refractivity contribution in [3.63, 3.8) is 0 Å². The molecule has 0 saturated heterocycles. The summed E-state index contributed by atoms with van der Waals surface area (Å²) in [4.78, 5) is 35.8. The maximum Gasteiger partial charge on any atom is 0.344 e. The van der Waals surface area contributed by atoms with E-state index in [9.17, 15) is 18.8 Å². The topological polar surface area (TPSA) is 82.8 Å². The van der Waals surface area contributed by atoms with Crippen LogP contribution in [0.3, 0.4) is 0 Å². The van der Waals surface area contributed by atoms with E-state index in [1.54, 1.807) is 18.2 Å². The molecule has 1 aliphatic rings. The number of aryl methyl sites for hydroxylation is 1. The minimum Gasteiger partial charge on any atom is -0.482 e. The number of hydrogen-bond donors (Lipinski definition) is 0. The van der Waals surface area contributed by atoms with E-state index in [0.717, 1.165) is 47.9 Å². The maximum atomic E-state index is 12.9. The normalized spacial score (nSPS) is 12.6. The molecular formula is C22H17FO6. The van der Waals surface area contributed by atoms with Gasteiger partial charge in [0.1, 0.15) is 17.1 Å². The summed E-state index contributed by atoms with van der Waals surface area (Å²) in [5.74, 6) is -1.28. The summed E-state index contributed by atoms with van der Waals surface area (Å²) in [7, 11) is 0. The van der Waals surface area contributed by atoms with Crippen LogP contribution in [0.4, 0.5) is 4.39 Å². The molecule has 0 unspecified atom stereocenters. The van der Waals surface area contributed by atoms with Crippen molar-refractivity contribution < 1.29 is 27.9 Å².